The molecule has 0 saturated heterocycles. The van der Waals surface area contributed by atoms with E-state index in [1.54, 1.807) is 0 Å². The highest BCUT2D eigenvalue weighted by Crippen LogP contribution is 2.18. The first-order valence-electron chi connectivity index (χ1n) is 7.30. The van der Waals surface area contributed by atoms with E-state index in [9.17, 15) is 0 Å². The molecule has 0 aliphatic rings. The lowest BCUT2D eigenvalue weighted by atomic mass is 9.98. The summed E-state index contributed by atoms with van der Waals surface area (Å²) >= 11 is 6.52. The van der Waals surface area contributed by atoms with Crippen molar-refractivity contribution in [3.63, 3.8) is 0 Å². The molecule has 0 bridgehead atoms. The van der Waals surface area contributed by atoms with Gasteiger partial charge in [0.25, 0.3) is 0 Å². The second-order valence-electron chi connectivity index (χ2n) is 5.76. The zero-order chi connectivity index (χ0) is 14.5. The van der Waals surface area contributed by atoms with E-state index in [0.717, 1.165) is 19.3 Å². The molecular formula is C19H23Cl. The van der Waals surface area contributed by atoms with E-state index >= 15 is 0 Å². The second-order valence-corrected chi connectivity index (χ2v) is 6.37. The number of rotatable bonds is 5. The van der Waals surface area contributed by atoms with E-state index < -0.39 is 0 Å². The van der Waals surface area contributed by atoms with E-state index in [1.165, 1.54) is 27.8 Å². The molecule has 0 radical (unpaired) electrons. The van der Waals surface area contributed by atoms with Crippen molar-refractivity contribution in [3.05, 3.63) is 70.3 Å². The lowest BCUT2D eigenvalue weighted by Gasteiger charge is -2.12. The molecule has 1 heteroatoms. The van der Waals surface area contributed by atoms with Gasteiger partial charge in [-0.3, -0.25) is 0 Å². The standard InChI is InChI=1S/C19H23Cl/c1-14-5-8-17(9-6-14)10-11-19(20)13-18-12-15(2)4-7-16(18)3/h4-9,12,19H,10-11,13H2,1-3H3. The molecule has 0 N–H and O–H groups in total. The van der Waals surface area contributed by atoms with Gasteiger partial charge in [-0.05, 0) is 56.7 Å². The van der Waals surface area contributed by atoms with Gasteiger partial charge in [-0.25, -0.2) is 0 Å². The number of aryl methyl sites for hydroxylation is 4. The van der Waals surface area contributed by atoms with Gasteiger partial charge in [-0.2, -0.15) is 0 Å². The quantitative estimate of drug-likeness (QED) is 0.646. The molecule has 0 nitrogen and oxygen atoms in total. The average Bonchev–Trinajstić information content (AvgIpc) is 2.42. The van der Waals surface area contributed by atoms with Crippen LogP contribution in [0.25, 0.3) is 0 Å². The summed E-state index contributed by atoms with van der Waals surface area (Å²) in [5, 5.41) is 0.205. The van der Waals surface area contributed by atoms with Crippen molar-refractivity contribution in [1.29, 1.82) is 0 Å². The average molecular weight is 287 g/mol. The van der Waals surface area contributed by atoms with E-state index in [-0.39, 0.29) is 5.38 Å². The maximum Gasteiger partial charge on any atom is 0.0379 e. The summed E-state index contributed by atoms with van der Waals surface area (Å²) in [6.07, 6.45) is 3.04. The van der Waals surface area contributed by atoms with Crippen LogP contribution < -0.4 is 0 Å². The first-order chi connectivity index (χ1) is 9.54. The van der Waals surface area contributed by atoms with Crippen LogP contribution in [-0.4, -0.2) is 5.38 Å². The van der Waals surface area contributed by atoms with Crippen LogP contribution in [0.1, 0.15) is 34.2 Å². The van der Waals surface area contributed by atoms with Crippen molar-refractivity contribution in [2.24, 2.45) is 0 Å². The topological polar surface area (TPSA) is 0 Å². The molecule has 2 aromatic rings. The first-order valence-corrected chi connectivity index (χ1v) is 7.74. The summed E-state index contributed by atoms with van der Waals surface area (Å²) < 4.78 is 0. The molecule has 0 spiro atoms. The van der Waals surface area contributed by atoms with Gasteiger partial charge >= 0.3 is 0 Å². The van der Waals surface area contributed by atoms with Crippen molar-refractivity contribution < 1.29 is 0 Å². The van der Waals surface area contributed by atoms with Crippen LogP contribution in [0.4, 0.5) is 0 Å². The Kier molecular flexibility index (Phi) is 5.25. The molecule has 20 heavy (non-hydrogen) atoms. The highest BCUT2D eigenvalue weighted by Gasteiger charge is 2.08. The number of benzene rings is 2. The molecule has 2 rings (SSSR count). The summed E-state index contributed by atoms with van der Waals surface area (Å²) in [4.78, 5) is 0. The van der Waals surface area contributed by atoms with Crippen molar-refractivity contribution >= 4 is 11.6 Å². The van der Waals surface area contributed by atoms with Gasteiger partial charge in [0.1, 0.15) is 0 Å². The number of hydrogen-bond donors (Lipinski definition) is 0. The van der Waals surface area contributed by atoms with Crippen LogP contribution in [0.15, 0.2) is 42.5 Å². The Morgan fingerprint density at radius 2 is 1.55 bits per heavy atom. The number of hydrogen-bond acceptors (Lipinski definition) is 0. The summed E-state index contributed by atoms with van der Waals surface area (Å²) in [6, 6.07) is 15.4. The van der Waals surface area contributed by atoms with E-state index in [1.807, 2.05) is 0 Å². The van der Waals surface area contributed by atoms with Crippen molar-refractivity contribution in [2.45, 2.75) is 45.4 Å². The zero-order valence-corrected chi connectivity index (χ0v) is 13.4. The Hall–Kier alpha value is -1.27. The molecule has 106 valence electrons. The fourth-order valence-corrected chi connectivity index (χ4v) is 2.71. The van der Waals surface area contributed by atoms with E-state index in [2.05, 4.69) is 63.2 Å². The predicted octanol–water partition coefficient (Wildman–Crippen LogP) is 5.39. The Morgan fingerprint density at radius 3 is 2.25 bits per heavy atom. The third-order valence-corrected chi connectivity index (χ3v) is 4.19. The third-order valence-electron chi connectivity index (χ3n) is 3.81. The van der Waals surface area contributed by atoms with E-state index in [0.29, 0.717) is 0 Å². The van der Waals surface area contributed by atoms with Gasteiger partial charge in [0, 0.05) is 5.38 Å². The SMILES string of the molecule is Cc1ccc(CCC(Cl)Cc2cc(C)ccc2C)cc1. The highest BCUT2D eigenvalue weighted by molar-refractivity contribution is 6.20. The van der Waals surface area contributed by atoms with Crippen LogP contribution in [0.3, 0.4) is 0 Å². The first kappa shape index (κ1) is 15.1. The minimum atomic E-state index is 0.205. The Balaban J connectivity index is 1.90. The van der Waals surface area contributed by atoms with Crippen molar-refractivity contribution in [1.82, 2.24) is 0 Å². The molecule has 0 aromatic heterocycles. The Labute approximate surface area is 127 Å². The molecule has 0 heterocycles. The molecular weight excluding hydrogens is 264 g/mol. The predicted molar refractivity (Wildman–Crippen MR) is 88.8 cm³/mol. The molecule has 0 fully saturated rings. The summed E-state index contributed by atoms with van der Waals surface area (Å²) in [7, 11) is 0. The third kappa shape index (κ3) is 4.38. The second kappa shape index (κ2) is 6.95. The largest absolute Gasteiger partial charge is 0.123 e. The lowest BCUT2D eigenvalue weighted by molar-refractivity contribution is 0.741. The summed E-state index contributed by atoms with van der Waals surface area (Å²) in [5.74, 6) is 0. The van der Waals surface area contributed by atoms with E-state index in [4.69, 9.17) is 11.6 Å². The van der Waals surface area contributed by atoms with Gasteiger partial charge in [0.15, 0.2) is 0 Å². The van der Waals surface area contributed by atoms with Crippen molar-refractivity contribution in [3.8, 4) is 0 Å². The fraction of sp³-hybridized carbons (Fsp3) is 0.368. The van der Waals surface area contributed by atoms with Crippen LogP contribution in [-0.2, 0) is 12.8 Å². The zero-order valence-electron chi connectivity index (χ0n) is 12.6. The summed E-state index contributed by atoms with van der Waals surface area (Å²) in [5.41, 5.74) is 6.73. The summed E-state index contributed by atoms with van der Waals surface area (Å²) in [6.45, 7) is 6.42. The molecule has 1 atom stereocenters. The minimum Gasteiger partial charge on any atom is -0.123 e. The lowest BCUT2D eigenvalue weighted by Crippen LogP contribution is -2.06. The Bertz CT molecular complexity index is 554. The van der Waals surface area contributed by atoms with Crippen LogP contribution in [0.2, 0.25) is 0 Å². The van der Waals surface area contributed by atoms with Gasteiger partial charge in [0.05, 0.1) is 0 Å². The molecule has 2 aromatic carbocycles. The van der Waals surface area contributed by atoms with Gasteiger partial charge < -0.3 is 0 Å². The van der Waals surface area contributed by atoms with Crippen LogP contribution in [0, 0.1) is 20.8 Å². The highest BCUT2D eigenvalue weighted by atomic mass is 35.5. The molecule has 0 aliphatic carbocycles. The number of alkyl halides is 1. The molecule has 0 amide bonds. The Morgan fingerprint density at radius 1 is 0.900 bits per heavy atom. The maximum absolute atomic E-state index is 6.52. The minimum absolute atomic E-state index is 0.205. The van der Waals surface area contributed by atoms with Gasteiger partial charge in [-0.1, -0.05) is 53.6 Å². The smallest absolute Gasteiger partial charge is 0.0379 e. The van der Waals surface area contributed by atoms with Crippen LogP contribution in [0.5, 0.6) is 0 Å². The van der Waals surface area contributed by atoms with Crippen LogP contribution >= 0.6 is 11.6 Å². The fourth-order valence-electron chi connectivity index (χ4n) is 2.44. The molecule has 1 unspecified atom stereocenters. The normalized spacial score (nSPS) is 12.4. The molecule has 0 aliphatic heterocycles. The molecule has 0 saturated carbocycles. The van der Waals surface area contributed by atoms with Gasteiger partial charge in [0.2, 0.25) is 0 Å². The number of halogens is 1. The van der Waals surface area contributed by atoms with Gasteiger partial charge in [-0.15, -0.1) is 11.6 Å². The van der Waals surface area contributed by atoms with Crippen molar-refractivity contribution in [2.75, 3.05) is 0 Å². The monoisotopic (exact) mass is 286 g/mol. The maximum atomic E-state index is 6.52.